The molecule has 0 bridgehead atoms. The summed E-state index contributed by atoms with van der Waals surface area (Å²) in [5, 5.41) is 9.41. The zero-order valence-corrected chi connectivity index (χ0v) is 18.1. The monoisotopic (exact) mass is 494 g/mol. The predicted molar refractivity (Wildman–Crippen MR) is 113 cm³/mol. The molecule has 0 saturated carbocycles. The summed E-state index contributed by atoms with van der Waals surface area (Å²) >= 11 is 3.39. The smallest absolute Gasteiger partial charge is 0.341 e. The highest BCUT2D eigenvalue weighted by Crippen LogP contribution is 2.29. The summed E-state index contributed by atoms with van der Waals surface area (Å²) in [5.41, 5.74) is 0.277. The first-order chi connectivity index (χ1) is 14.6. The maximum absolute atomic E-state index is 12.9. The van der Waals surface area contributed by atoms with E-state index in [1.807, 2.05) is 24.3 Å². The van der Waals surface area contributed by atoms with Crippen molar-refractivity contribution in [3.63, 3.8) is 0 Å². The van der Waals surface area contributed by atoms with Crippen molar-refractivity contribution in [3.8, 4) is 5.69 Å². The molecule has 1 aromatic heterocycles. The zero-order valence-electron chi connectivity index (χ0n) is 16.5. The average molecular weight is 495 g/mol. The van der Waals surface area contributed by atoms with Gasteiger partial charge in [0.15, 0.2) is 0 Å². The summed E-state index contributed by atoms with van der Waals surface area (Å²) < 4.78 is 41.0. The second-order valence-corrected chi connectivity index (χ2v) is 7.75. The van der Waals surface area contributed by atoms with Crippen molar-refractivity contribution >= 4 is 33.6 Å². The number of carbonyl (C=O) groups excluding carboxylic acids is 2. The van der Waals surface area contributed by atoms with Crippen LogP contribution in [-0.2, 0) is 11.0 Å². The molecule has 0 fully saturated rings. The molecule has 0 aliphatic rings. The van der Waals surface area contributed by atoms with E-state index in [9.17, 15) is 22.8 Å². The van der Waals surface area contributed by atoms with Gasteiger partial charge in [-0.1, -0.05) is 28.1 Å². The fourth-order valence-corrected chi connectivity index (χ4v) is 3.18. The highest BCUT2D eigenvalue weighted by molar-refractivity contribution is 9.10. The lowest BCUT2D eigenvalue weighted by Gasteiger charge is -2.16. The number of nitrogens with zero attached hydrogens (tertiary/aromatic N) is 2. The Hall–Kier alpha value is -3.14. The minimum atomic E-state index is -4.57. The van der Waals surface area contributed by atoms with Crippen LogP contribution in [-0.4, -0.2) is 27.6 Å². The molecule has 162 valence electrons. The fourth-order valence-electron chi connectivity index (χ4n) is 2.79. The molecule has 1 unspecified atom stereocenters. The Balaban J connectivity index is 1.74. The van der Waals surface area contributed by atoms with Gasteiger partial charge in [-0.15, -0.1) is 0 Å². The minimum absolute atomic E-state index is 0.190. The first-order valence-electron chi connectivity index (χ1n) is 9.16. The second kappa shape index (κ2) is 8.93. The molecule has 0 radical (unpaired) electrons. The number of alkyl halides is 3. The molecule has 10 heteroatoms. The van der Waals surface area contributed by atoms with Crippen molar-refractivity contribution in [2.75, 3.05) is 5.32 Å². The van der Waals surface area contributed by atoms with E-state index in [0.717, 1.165) is 22.7 Å². The van der Waals surface area contributed by atoms with E-state index in [2.05, 4.69) is 31.7 Å². The Morgan fingerprint density at radius 3 is 2.52 bits per heavy atom. The zero-order chi connectivity index (χ0) is 22.8. The highest BCUT2D eigenvalue weighted by Gasteiger charge is 2.31. The molecule has 0 aliphatic carbocycles. The van der Waals surface area contributed by atoms with Crippen LogP contribution in [0.5, 0.6) is 0 Å². The maximum atomic E-state index is 12.9. The lowest BCUT2D eigenvalue weighted by Crippen LogP contribution is -2.42. The second-order valence-electron chi connectivity index (χ2n) is 6.83. The normalized spacial score (nSPS) is 12.3. The van der Waals surface area contributed by atoms with Crippen LogP contribution in [0.1, 0.15) is 28.4 Å². The number of amides is 2. The molecule has 6 nitrogen and oxygen atoms in total. The van der Waals surface area contributed by atoms with Gasteiger partial charge in [0.1, 0.15) is 11.9 Å². The molecule has 0 aliphatic heterocycles. The van der Waals surface area contributed by atoms with Crippen LogP contribution in [0.2, 0.25) is 0 Å². The van der Waals surface area contributed by atoms with Crippen LogP contribution in [0.25, 0.3) is 5.69 Å². The number of rotatable bonds is 5. The van der Waals surface area contributed by atoms with Gasteiger partial charge >= 0.3 is 6.18 Å². The molecule has 1 atom stereocenters. The molecule has 0 saturated heterocycles. The van der Waals surface area contributed by atoms with Gasteiger partial charge in [0, 0.05) is 15.6 Å². The Morgan fingerprint density at radius 2 is 1.84 bits per heavy atom. The lowest BCUT2D eigenvalue weighted by molar-refractivity contribution is -0.137. The molecular weight excluding hydrogens is 477 g/mol. The number of nitrogens with one attached hydrogen (secondary N) is 2. The van der Waals surface area contributed by atoms with E-state index >= 15 is 0 Å². The van der Waals surface area contributed by atoms with E-state index in [0.29, 0.717) is 17.1 Å². The Morgan fingerprint density at radius 1 is 1.13 bits per heavy atom. The Bertz CT molecular complexity index is 1130. The average Bonchev–Trinajstić information content (AvgIpc) is 3.07. The van der Waals surface area contributed by atoms with Crippen molar-refractivity contribution in [1.82, 2.24) is 15.1 Å². The number of halogens is 4. The summed E-state index contributed by atoms with van der Waals surface area (Å²) in [5.74, 6) is -0.908. The molecular formula is C21H18BrF3N4O2. The van der Waals surface area contributed by atoms with Gasteiger partial charge in [-0.05, 0) is 50.2 Å². The van der Waals surface area contributed by atoms with E-state index in [1.54, 1.807) is 17.8 Å². The first-order valence-corrected chi connectivity index (χ1v) is 9.95. The third kappa shape index (κ3) is 5.32. The van der Waals surface area contributed by atoms with E-state index in [-0.39, 0.29) is 5.56 Å². The molecule has 2 amide bonds. The van der Waals surface area contributed by atoms with Crippen LogP contribution in [0.15, 0.2) is 59.2 Å². The third-order valence-electron chi connectivity index (χ3n) is 4.44. The fraction of sp³-hybridized carbons (Fsp3) is 0.190. The Labute approximate surface area is 184 Å². The number of benzene rings is 2. The molecule has 1 heterocycles. The van der Waals surface area contributed by atoms with Gasteiger partial charge in [0.2, 0.25) is 5.91 Å². The van der Waals surface area contributed by atoms with E-state index in [1.165, 1.54) is 13.0 Å². The molecule has 2 aromatic carbocycles. The van der Waals surface area contributed by atoms with Crippen molar-refractivity contribution in [1.29, 1.82) is 0 Å². The van der Waals surface area contributed by atoms with Gasteiger partial charge in [0.05, 0.1) is 17.4 Å². The first kappa shape index (κ1) is 22.5. The molecule has 2 N–H and O–H groups in total. The summed E-state index contributed by atoms with van der Waals surface area (Å²) in [4.78, 5) is 25.0. The van der Waals surface area contributed by atoms with E-state index in [4.69, 9.17) is 0 Å². The third-order valence-corrected chi connectivity index (χ3v) is 4.93. The van der Waals surface area contributed by atoms with E-state index < -0.39 is 29.6 Å². The number of aromatic nitrogens is 2. The summed E-state index contributed by atoms with van der Waals surface area (Å²) in [6, 6.07) is 10.3. The van der Waals surface area contributed by atoms with Gasteiger partial charge in [0.25, 0.3) is 5.91 Å². The topological polar surface area (TPSA) is 76.0 Å². The van der Waals surface area contributed by atoms with Crippen molar-refractivity contribution in [2.24, 2.45) is 0 Å². The standard InChI is InChI=1S/C21H18BrF3N4O2/c1-12-11-26-29(17-8-4-7-16(22)10-17)18(12)28-19(30)13(2)27-20(31)14-5-3-6-15(9-14)21(23,24)25/h3-11,13H,1-2H3,(H,27,31)(H,28,30). The molecule has 31 heavy (non-hydrogen) atoms. The van der Waals surface area contributed by atoms with Crippen LogP contribution in [0, 0.1) is 6.92 Å². The van der Waals surface area contributed by atoms with Crippen LogP contribution in [0.4, 0.5) is 19.0 Å². The van der Waals surface area contributed by atoms with Gasteiger partial charge in [-0.2, -0.15) is 18.3 Å². The summed E-state index contributed by atoms with van der Waals surface area (Å²) in [6.07, 6.45) is -2.98. The van der Waals surface area contributed by atoms with Gasteiger partial charge in [-0.25, -0.2) is 4.68 Å². The van der Waals surface area contributed by atoms with Gasteiger partial charge in [-0.3, -0.25) is 9.59 Å². The maximum Gasteiger partial charge on any atom is 0.416 e. The number of hydrogen-bond acceptors (Lipinski definition) is 3. The van der Waals surface area contributed by atoms with Crippen molar-refractivity contribution in [3.05, 3.63) is 75.9 Å². The van der Waals surface area contributed by atoms with Gasteiger partial charge < -0.3 is 10.6 Å². The SMILES string of the molecule is Cc1cnn(-c2cccc(Br)c2)c1NC(=O)C(C)NC(=O)c1cccc(C(F)(F)F)c1. The predicted octanol–water partition coefficient (Wildman–Crippen LogP) is 4.72. The number of aryl methyl sites for hydroxylation is 1. The van der Waals surface area contributed by atoms with Crippen LogP contribution >= 0.6 is 15.9 Å². The number of hydrogen-bond donors (Lipinski definition) is 2. The summed E-state index contributed by atoms with van der Waals surface area (Å²) in [7, 11) is 0. The number of carbonyl (C=O) groups is 2. The minimum Gasteiger partial charge on any atom is -0.341 e. The van der Waals surface area contributed by atoms with Crippen LogP contribution in [0.3, 0.4) is 0 Å². The number of anilines is 1. The molecule has 0 spiro atoms. The van der Waals surface area contributed by atoms with Crippen molar-refractivity contribution < 1.29 is 22.8 Å². The lowest BCUT2D eigenvalue weighted by atomic mass is 10.1. The molecule has 3 aromatic rings. The van der Waals surface area contributed by atoms with Crippen molar-refractivity contribution in [2.45, 2.75) is 26.1 Å². The highest BCUT2D eigenvalue weighted by atomic mass is 79.9. The quantitative estimate of drug-likeness (QED) is 0.538. The molecule has 3 rings (SSSR count). The van der Waals surface area contributed by atoms with Crippen LogP contribution < -0.4 is 10.6 Å². The summed E-state index contributed by atoms with van der Waals surface area (Å²) in [6.45, 7) is 3.21. The Kier molecular flexibility index (Phi) is 6.49. The largest absolute Gasteiger partial charge is 0.416 e.